The number of hydrogen-bond donors (Lipinski definition) is 0. The number of benzene rings is 1. The number of carbonyl (C=O) groups excluding carboxylic acids is 1. The maximum Gasteiger partial charge on any atom is 0.256 e. The van der Waals surface area contributed by atoms with Crippen molar-refractivity contribution in [2.45, 2.75) is 32.3 Å². The van der Waals surface area contributed by atoms with Crippen molar-refractivity contribution >= 4 is 11.9 Å². The highest BCUT2D eigenvalue weighted by Gasteiger charge is 2.29. The van der Waals surface area contributed by atoms with Gasteiger partial charge in [0, 0.05) is 0 Å². The Bertz CT molecular complexity index is 933. The second-order valence-corrected chi connectivity index (χ2v) is 7.13. The van der Waals surface area contributed by atoms with E-state index < -0.39 is 11.5 Å². The van der Waals surface area contributed by atoms with Gasteiger partial charge in [0.25, 0.3) is 5.88 Å². The van der Waals surface area contributed by atoms with E-state index >= 15 is 0 Å². The van der Waals surface area contributed by atoms with E-state index in [4.69, 9.17) is 18.9 Å². The molecule has 6 heteroatoms. The molecule has 0 N–H and O–H groups in total. The molecule has 0 amide bonds. The minimum absolute atomic E-state index is 0.0994. The first-order valence-electron chi connectivity index (χ1n) is 9.03. The summed E-state index contributed by atoms with van der Waals surface area (Å²) in [4.78, 5) is 17.7. The SMILES string of the molecule is COc1ccc([C@H](C)C(=O)c2ccc3c(c2OC)C=CC(C)(C)O3)nc1OC. The summed E-state index contributed by atoms with van der Waals surface area (Å²) in [5.41, 5.74) is 1.44. The quantitative estimate of drug-likeness (QED) is 0.694. The van der Waals surface area contributed by atoms with E-state index in [9.17, 15) is 4.79 Å². The van der Waals surface area contributed by atoms with E-state index in [1.807, 2.05) is 39.0 Å². The molecule has 1 atom stereocenters. The minimum Gasteiger partial charge on any atom is -0.495 e. The molecule has 0 saturated carbocycles. The van der Waals surface area contributed by atoms with Crippen LogP contribution in [0.15, 0.2) is 30.3 Å². The molecule has 6 nitrogen and oxygen atoms in total. The van der Waals surface area contributed by atoms with E-state index in [1.54, 1.807) is 32.4 Å². The number of rotatable bonds is 6. The number of fused-ring (bicyclic) bond motifs is 1. The van der Waals surface area contributed by atoms with Gasteiger partial charge < -0.3 is 18.9 Å². The lowest BCUT2D eigenvalue weighted by atomic mass is 9.92. The number of ether oxygens (including phenoxy) is 4. The Morgan fingerprint density at radius 3 is 2.46 bits per heavy atom. The van der Waals surface area contributed by atoms with Gasteiger partial charge in [-0.2, -0.15) is 0 Å². The van der Waals surface area contributed by atoms with Crippen LogP contribution in [0, 0.1) is 0 Å². The van der Waals surface area contributed by atoms with Crippen LogP contribution in [0.25, 0.3) is 6.08 Å². The predicted octanol–water partition coefficient (Wildman–Crippen LogP) is 4.28. The number of methoxy groups -OCH3 is 3. The molecular formula is C22H25NO5. The van der Waals surface area contributed by atoms with Gasteiger partial charge in [0.1, 0.15) is 17.1 Å². The molecular weight excluding hydrogens is 358 g/mol. The van der Waals surface area contributed by atoms with Crippen LogP contribution in [0.3, 0.4) is 0 Å². The van der Waals surface area contributed by atoms with Gasteiger partial charge in [0.2, 0.25) is 0 Å². The second-order valence-electron chi connectivity index (χ2n) is 7.13. The molecule has 2 aromatic rings. The Morgan fingerprint density at radius 2 is 1.82 bits per heavy atom. The Kier molecular flexibility index (Phi) is 5.31. The Labute approximate surface area is 165 Å². The van der Waals surface area contributed by atoms with Gasteiger partial charge in [-0.05, 0) is 57.2 Å². The molecule has 1 aromatic heterocycles. The van der Waals surface area contributed by atoms with Crippen molar-refractivity contribution in [1.29, 1.82) is 0 Å². The number of aromatic nitrogens is 1. The molecule has 0 aliphatic carbocycles. The molecule has 3 rings (SSSR count). The molecule has 0 bridgehead atoms. The highest BCUT2D eigenvalue weighted by molar-refractivity contribution is 6.04. The van der Waals surface area contributed by atoms with Crippen LogP contribution in [0.2, 0.25) is 0 Å². The van der Waals surface area contributed by atoms with Crippen molar-refractivity contribution in [2.75, 3.05) is 21.3 Å². The van der Waals surface area contributed by atoms with Gasteiger partial charge in [-0.15, -0.1) is 0 Å². The van der Waals surface area contributed by atoms with Crippen LogP contribution in [0.4, 0.5) is 0 Å². The fraction of sp³-hybridized carbons (Fsp3) is 0.364. The van der Waals surface area contributed by atoms with Crippen molar-refractivity contribution in [2.24, 2.45) is 0 Å². The molecule has 28 heavy (non-hydrogen) atoms. The molecule has 0 unspecified atom stereocenters. The molecule has 2 heterocycles. The Balaban J connectivity index is 1.99. The second kappa shape index (κ2) is 7.54. The van der Waals surface area contributed by atoms with Gasteiger partial charge in [0.05, 0.1) is 44.1 Å². The van der Waals surface area contributed by atoms with Crippen molar-refractivity contribution < 1.29 is 23.7 Å². The van der Waals surface area contributed by atoms with E-state index in [0.717, 1.165) is 5.56 Å². The van der Waals surface area contributed by atoms with Crippen LogP contribution in [0.5, 0.6) is 23.1 Å². The average molecular weight is 383 g/mol. The standard InChI is InChI=1S/C22H25NO5/c1-13(16-8-10-18(25-4)21(23-16)27-6)19(24)15-7-9-17-14(20(15)26-5)11-12-22(2,3)28-17/h7-13H,1-6H3/t13-/m0/s1. The fourth-order valence-electron chi connectivity index (χ4n) is 3.20. The van der Waals surface area contributed by atoms with Gasteiger partial charge in [-0.1, -0.05) is 0 Å². The molecule has 1 aliphatic heterocycles. The monoisotopic (exact) mass is 383 g/mol. The summed E-state index contributed by atoms with van der Waals surface area (Å²) < 4.78 is 22.0. The maximum atomic E-state index is 13.2. The van der Waals surface area contributed by atoms with Crippen LogP contribution in [0.1, 0.15) is 48.3 Å². The zero-order chi connectivity index (χ0) is 20.5. The van der Waals surface area contributed by atoms with Gasteiger partial charge in [-0.3, -0.25) is 4.79 Å². The average Bonchev–Trinajstić information content (AvgIpc) is 2.70. The minimum atomic E-state index is -0.489. The highest BCUT2D eigenvalue weighted by Crippen LogP contribution is 2.40. The number of Topliss-reactive ketones (excluding diaryl/α,β-unsaturated/α-hetero) is 1. The predicted molar refractivity (Wildman–Crippen MR) is 107 cm³/mol. The van der Waals surface area contributed by atoms with Gasteiger partial charge >= 0.3 is 0 Å². The number of carbonyl (C=O) groups is 1. The molecule has 1 aliphatic rings. The smallest absolute Gasteiger partial charge is 0.256 e. The lowest BCUT2D eigenvalue weighted by Gasteiger charge is -2.29. The summed E-state index contributed by atoms with van der Waals surface area (Å²) in [6.07, 6.45) is 3.89. The highest BCUT2D eigenvalue weighted by atomic mass is 16.5. The largest absolute Gasteiger partial charge is 0.495 e. The summed E-state index contributed by atoms with van der Waals surface area (Å²) in [7, 11) is 4.61. The lowest BCUT2D eigenvalue weighted by Crippen LogP contribution is -2.27. The summed E-state index contributed by atoms with van der Waals surface area (Å²) in [5, 5.41) is 0. The van der Waals surface area contributed by atoms with Crippen molar-refractivity contribution in [3.8, 4) is 23.1 Å². The molecule has 0 spiro atoms. The third kappa shape index (κ3) is 3.54. The zero-order valence-corrected chi connectivity index (χ0v) is 17.0. The normalized spacial score (nSPS) is 15.2. The van der Waals surface area contributed by atoms with E-state index in [2.05, 4.69) is 4.98 Å². The first kappa shape index (κ1) is 19.7. The van der Waals surface area contributed by atoms with E-state index in [-0.39, 0.29) is 5.78 Å². The van der Waals surface area contributed by atoms with E-state index in [1.165, 1.54) is 7.11 Å². The fourth-order valence-corrected chi connectivity index (χ4v) is 3.20. The molecule has 0 saturated heterocycles. The third-order valence-corrected chi connectivity index (χ3v) is 4.75. The maximum absolute atomic E-state index is 13.2. The summed E-state index contributed by atoms with van der Waals surface area (Å²) >= 11 is 0. The van der Waals surface area contributed by atoms with Crippen molar-refractivity contribution in [3.05, 3.63) is 47.2 Å². The number of pyridine rings is 1. The number of hydrogen-bond acceptors (Lipinski definition) is 6. The van der Waals surface area contributed by atoms with Gasteiger partial charge in [-0.25, -0.2) is 4.98 Å². The Morgan fingerprint density at radius 1 is 1.07 bits per heavy atom. The molecule has 0 fully saturated rings. The van der Waals surface area contributed by atoms with Gasteiger partial charge in [0.15, 0.2) is 11.5 Å². The van der Waals surface area contributed by atoms with Crippen LogP contribution < -0.4 is 18.9 Å². The molecule has 148 valence electrons. The van der Waals surface area contributed by atoms with Crippen molar-refractivity contribution in [3.63, 3.8) is 0 Å². The number of ketones is 1. The lowest BCUT2D eigenvalue weighted by molar-refractivity contribution is 0.0961. The van der Waals surface area contributed by atoms with Crippen LogP contribution >= 0.6 is 0 Å². The topological polar surface area (TPSA) is 66.9 Å². The molecule has 0 radical (unpaired) electrons. The number of nitrogens with zero attached hydrogens (tertiary/aromatic N) is 1. The van der Waals surface area contributed by atoms with E-state index in [0.29, 0.717) is 34.4 Å². The van der Waals surface area contributed by atoms with Crippen molar-refractivity contribution in [1.82, 2.24) is 4.98 Å². The third-order valence-electron chi connectivity index (χ3n) is 4.75. The Hall–Kier alpha value is -3.02. The van der Waals surface area contributed by atoms with Crippen LogP contribution in [-0.2, 0) is 0 Å². The zero-order valence-electron chi connectivity index (χ0n) is 17.0. The summed E-state index contributed by atoms with van der Waals surface area (Å²) in [6, 6.07) is 7.06. The first-order valence-corrected chi connectivity index (χ1v) is 9.03. The summed E-state index contributed by atoms with van der Waals surface area (Å²) in [6.45, 7) is 5.76. The molecule has 1 aromatic carbocycles. The first-order chi connectivity index (χ1) is 13.3. The van der Waals surface area contributed by atoms with Crippen LogP contribution in [-0.4, -0.2) is 37.7 Å². The summed E-state index contributed by atoms with van der Waals surface area (Å²) in [5.74, 6) is 1.46.